The van der Waals surface area contributed by atoms with Crippen LogP contribution in [0.2, 0.25) is 0 Å². The first-order chi connectivity index (χ1) is 8.96. The van der Waals surface area contributed by atoms with E-state index in [0.29, 0.717) is 13.2 Å². The minimum absolute atomic E-state index is 0.0786. The topological polar surface area (TPSA) is 60.0 Å². The van der Waals surface area contributed by atoms with Crippen molar-refractivity contribution in [3.05, 3.63) is 0 Å². The molecule has 2 aliphatic rings. The van der Waals surface area contributed by atoms with Crippen LogP contribution in [0, 0.1) is 0 Å². The number of nitrogens with zero attached hydrogens (tertiary/aromatic N) is 1. The maximum atomic E-state index is 12.2. The zero-order valence-electron chi connectivity index (χ0n) is 12.0. The van der Waals surface area contributed by atoms with E-state index in [2.05, 4.69) is 5.32 Å². The van der Waals surface area contributed by atoms with Crippen LogP contribution in [0.5, 0.6) is 0 Å². The van der Waals surface area contributed by atoms with Gasteiger partial charge in [-0.1, -0.05) is 0 Å². The van der Waals surface area contributed by atoms with Gasteiger partial charge in [-0.25, -0.2) is 14.6 Å². The lowest BCUT2D eigenvalue weighted by Crippen LogP contribution is -2.55. The van der Waals surface area contributed by atoms with Crippen molar-refractivity contribution in [1.29, 1.82) is 0 Å². The standard InChI is InChI=1S/C13H24N2O4/c1-13(2,3)18-12(16)15-6-5-14-9-10(15)8-11-4-7-17-19-11/h10-11,14H,4-9H2,1-3H3. The molecule has 110 valence electrons. The Morgan fingerprint density at radius 1 is 1.47 bits per heavy atom. The quantitative estimate of drug-likeness (QED) is 0.768. The second-order valence-corrected chi connectivity index (χ2v) is 6.10. The number of rotatable bonds is 2. The van der Waals surface area contributed by atoms with Crippen molar-refractivity contribution < 1.29 is 19.3 Å². The van der Waals surface area contributed by atoms with Crippen molar-refractivity contribution in [2.45, 2.75) is 51.4 Å². The van der Waals surface area contributed by atoms with Gasteiger partial charge in [0.2, 0.25) is 0 Å². The van der Waals surface area contributed by atoms with Crippen LogP contribution in [-0.4, -0.2) is 55.0 Å². The maximum Gasteiger partial charge on any atom is 0.410 e. The third-order valence-electron chi connectivity index (χ3n) is 3.24. The molecule has 6 heteroatoms. The summed E-state index contributed by atoms with van der Waals surface area (Å²) in [7, 11) is 0. The number of hydrogen-bond acceptors (Lipinski definition) is 5. The molecule has 2 atom stereocenters. The molecule has 2 rings (SSSR count). The van der Waals surface area contributed by atoms with Gasteiger partial charge in [0.05, 0.1) is 18.8 Å². The lowest BCUT2D eigenvalue weighted by molar-refractivity contribution is -0.276. The third-order valence-corrected chi connectivity index (χ3v) is 3.24. The van der Waals surface area contributed by atoms with Gasteiger partial charge in [0.15, 0.2) is 0 Å². The average molecular weight is 272 g/mol. The molecule has 0 saturated carbocycles. The predicted octanol–water partition coefficient (Wildman–Crippen LogP) is 1.31. The van der Waals surface area contributed by atoms with Gasteiger partial charge in [0.25, 0.3) is 0 Å². The van der Waals surface area contributed by atoms with Crippen LogP contribution in [0.15, 0.2) is 0 Å². The molecule has 1 amide bonds. The molecule has 0 aromatic heterocycles. The van der Waals surface area contributed by atoms with Crippen molar-refractivity contribution in [1.82, 2.24) is 10.2 Å². The Labute approximate surface area is 114 Å². The van der Waals surface area contributed by atoms with E-state index in [4.69, 9.17) is 14.5 Å². The van der Waals surface area contributed by atoms with E-state index in [-0.39, 0.29) is 18.2 Å². The van der Waals surface area contributed by atoms with E-state index < -0.39 is 5.60 Å². The van der Waals surface area contributed by atoms with Crippen molar-refractivity contribution in [3.63, 3.8) is 0 Å². The first-order valence-corrected chi connectivity index (χ1v) is 6.94. The van der Waals surface area contributed by atoms with Crippen LogP contribution < -0.4 is 5.32 Å². The fourth-order valence-corrected chi connectivity index (χ4v) is 2.37. The summed E-state index contributed by atoms with van der Waals surface area (Å²) in [6.07, 6.45) is 1.51. The number of piperazine rings is 1. The lowest BCUT2D eigenvalue weighted by atomic mass is 10.0. The van der Waals surface area contributed by atoms with Gasteiger partial charge in [-0.15, -0.1) is 0 Å². The summed E-state index contributed by atoms with van der Waals surface area (Å²) in [6, 6.07) is 0.107. The van der Waals surface area contributed by atoms with E-state index >= 15 is 0 Å². The zero-order valence-corrected chi connectivity index (χ0v) is 12.0. The molecule has 0 radical (unpaired) electrons. The highest BCUT2D eigenvalue weighted by molar-refractivity contribution is 5.68. The summed E-state index contributed by atoms with van der Waals surface area (Å²) < 4.78 is 5.46. The van der Waals surface area contributed by atoms with Gasteiger partial charge in [0.1, 0.15) is 5.60 Å². The summed E-state index contributed by atoms with van der Waals surface area (Å²) in [5, 5.41) is 3.31. The Bertz CT molecular complexity index is 310. The van der Waals surface area contributed by atoms with E-state index in [0.717, 1.165) is 25.9 Å². The first-order valence-electron chi connectivity index (χ1n) is 6.94. The highest BCUT2D eigenvalue weighted by Gasteiger charge is 2.33. The summed E-state index contributed by atoms with van der Waals surface area (Å²) >= 11 is 0. The minimum atomic E-state index is -0.459. The summed E-state index contributed by atoms with van der Waals surface area (Å²) in [6.45, 7) is 8.54. The molecule has 2 unspecified atom stereocenters. The Morgan fingerprint density at radius 3 is 2.89 bits per heavy atom. The van der Waals surface area contributed by atoms with Gasteiger partial charge in [-0.2, -0.15) is 0 Å². The van der Waals surface area contributed by atoms with Gasteiger partial charge >= 0.3 is 6.09 Å². The second kappa shape index (κ2) is 6.07. The molecule has 2 fully saturated rings. The normalized spacial score (nSPS) is 28.5. The molecular formula is C13H24N2O4. The molecule has 2 saturated heterocycles. The molecule has 0 aromatic carbocycles. The Kier molecular flexibility index (Phi) is 4.65. The maximum absolute atomic E-state index is 12.2. The number of carbonyl (C=O) groups excluding carboxylic acids is 1. The van der Waals surface area contributed by atoms with E-state index in [1.165, 1.54) is 0 Å². The van der Waals surface area contributed by atoms with Crippen LogP contribution in [0.4, 0.5) is 4.79 Å². The number of amides is 1. The van der Waals surface area contributed by atoms with Crippen LogP contribution in [-0.2, 0) is 14.5 Å². The first kappa shape index (κ1) is 14.6. The van der Waals surface area contributed by atoms with Crippen LogP contribution in [0.25, 0.3) is 0 Å². The van der Waals surface area contributed by atoms with Crippen molar-refractivity contribution >= 4 is 6.09 Å². The van der Waals surface area contributed by atoms with Crippen molar-refractivity contribution in [2.75, 3.05) is 26.2 Å². The SMILES string of the molecule is CC(C)(C)OC(=O)N1CCNCC1CC1CCOO1. The summed E-state index contributed by atoms with van der Waals surface area (Å²) in [5.41, 5.74) is -0.459. The predicted molar refractivity (Wildman–Crippen MR) is 69.7 cm³/mol. The largest absolute Gasteiger partial charge is 0.444 e. The molecule has 6 nitrogen and oxygen atoms in total. The molecule has 2 heterocycles. The van der Waals surface area contributed by atoms with Crippen molar-refractivity contribution in [3.8, 4) is 0 Å². The van der Waals surface area contributed by atoms with Crippen LogP contribution in [0.1, 0.15) is 33.6 Å². The molecule has 19 heavy (non-hydrogen) atoms. The molecule has 2 aliphatic heterocycles. The molecular weight excluding hydrogens is 248 g/mol. The third kappa shape index (κ3) is 4.33. The zero-order chi connectivity index (χ0) is 13.9. The molecule has 0 aliphatic carbocycles. The second-order valence-electron chi connectivity index (χ2n) is 6.10. The highest BCUT2D eigenvalue weighted by atomic mass is 17.2. The Hall–Kier alpha value is -0.850. The smallest absolute Gasteiger partial charge is 0.410 e. The minimum Gasteiger partial charge on any atom is -0.444 e. The monoisotopic (exact) mass is 272 g/mol. The van der Waals surface area contributed by atoms with E-state index in [1.54, 1.807) is 0 Å². The lowest BCUT2D eigenvalue weighted by Gasteiger charge is -2.37. The van der Waals surface area contributed by atoms with Gasteiger partial charge in [0, 0.05) is 26.1 Å². The van der Waals surface area contributed by atoms with Crippen LogP contribution >= 0.6 is 0 Å². The van der Waals surface area contributed by atoms with Gasteiger partial charge < -0.3 is 15.0 Å². The Morgan fingerprint density at radius 2 is 2.26 bits per heavy atom. The number of hydrogen-bond donors (Lipinski definition) is 1. The van der Waals surface area contributed by atoms with E-state index in [9.17, 15) is 4.79 Å². The summed E-state index contributed by atoms with van der Waals surface area (Å²) in [4.78, 5) is 24.1. The van der Waals surface area contributed by atoms with Crippen molar-refractivity contribution in [2.24, 2.45) is 0 Å². The highest BCUT2D eigenvalue weighted by Crippen LogP contribution is 2.20. The summed E-state index contributed by atoms with van der Waals surface area (Å²) in [5.74, 6) is 0. The number of ether oxygens (including phenoxy) is 1. The number of nitrogens with one attached hydrogen (secondary N) is 1. The van der Waals surface area contributed by atoms with Gasteiger partial charge in [-0.05, 0) is 27.2 Å². The average Bonchev–Trinajstić information content (AvgIpc) is 2.80. The Balaban J connectivity index is 1.92. The van der Waals surface area contributed by atoms with Gasteiger partial charge in [-0.3, -0.25) is 0 Å². The fourth-order valence-electron chi connectivity index (χ4n) is 2.37. The number of carbonyl (C=O) groups is 1. The van der Waals surface area contributed by atoms with Crippen LogP contribution in [0.3, 0.4) is 0 Å². The molecule has 0 bridgehead atoms. The molecule has 0 aromatic rings. The fraction of sp³-hybridized carbons (Fsp3) is 0.923. The molecule has 0 spiro atoms. The van der Waals surface area contributed by atoms with E-state index in [1.807, 2.05) is 25.7 Å². The molecule has 1 N–H and O–H groups in total.